The summed E-state index contributed by atoms with van der Waals surface area (Å²) in [6, 6.07) is 5.00. The molecule has 19 heavy (non-hydrogen) atoms. The van der Waals surface area contributed by atoms with Gasteiger partial charge in [-0.05, 0) is 44.7 Å². The second-order valence-corrected chi connectivity index (χ2v) is 4.75. The molecule has 0 amide bonds. The summed E-state index contributed by atoms with van der Waals surface area (Å²) in [6.45, 7) is 2.36. The van der Waals surface area contributed by atoms with E-state index in [-0.39, 0.29) is 11.7 Å². The summed E-state index contributed by atoms with van der Waals surface area (Å²) in [5.74, 6) is -0.0796. The molecule has 1 aliphatic rings. The number of ether oxygens (including phenoxy) is 2. The number of carbonyl (C=O) groups is 1. The molecule has 1 saturated carbocycles. The van der Waals surface area contributed by atoms with Crippen LogP contribution in [0.3, 0.4) is 0 Å². The Morgan fingerprint density at radius 3 is 2.68 bits per heavy atom. The average Bonchev–Trinajstić information content (AvgIpc) is 2.42. The molecule has 1 aromatic carbocycles. The number of aromatic carboxylic acids is 1. The van der Waals surface area contributed by atoms with E-state index >= 15 is 0 Å². The van der Waals surface area contributed by atoms with E-state index in [1.54, 1.807) is 18.2 Å². The van der Waals surface area contributed by atoms with Crippen molar-refractivity contribution in [2.75, 3.05) is 6.61 Å². The van der Waals surface area contributed by atoms with Crippen molar-refractivity contribution in [2.24, 2.45) is 0 Å². The summed E-state index contributed by atoms with van der Waals surface area (Å²) in [4.78, 5) is 11.3. The average molecular weight is 264 g/mol. The second kappa shape index (κ2) is 6.45. The van der Waals surface area contributed by atoms with Crippen LogP contribution in [0.25, 0.3) is 0 Å². The minimum atomic E-state index is -0.979. The third kappa shape index (κ3) is 3.40. The van der Waals surface area contributed by atoms with Crippen molar-refractivity contribution in [3.63, 3.8) is 0 Å². The summed E-state index contributed by atoms with van der Waals surface area (Å²) in [7, 11) is 0. The Kier molecular flexibility index (Phi) is 4.66. The molecule has 0 aromatic heterocycles. The van der Waals surface area contributed by atoms with Gasteiger partial charge in [0, 0.05) is 0 Å². The molecule has 0 heterocycles. The number of hydrogen-bond donors (Lipinski definition) is 1. The highest BCUT2D eigenvalue weighted by Crippen LogP contribution is 2.34. The van der Waals surface area contributed by atoms with E-state index in [1.165, 1.54) is 6.42 Å². The van der Waals surface area contributed by atoms with E-state index in [9.17, 15) is 9.90 Å². The van der Waals surface area contributed by atoms with Gasteiger partial charge in [-0.3, -0.25) is 0 Å². The first-order chi connectivity index (χ1) is 9.22. The quantitative estimate of drug-likeness (QED) is 0.884. The molecule has 0 unspecified atom stereocenters. The van der Waals surface area contributed by atoms with Crippen molar-refractivity contribution in [1.29, 1.82) is 0 Å². The van der Waals surface area contributed by atoms with Crippen molar-refractivity contribution >= 4 is 5.97 Å². The number of benzene rings is 1. The summed E-state index contributed by atoms with van der Waals surface area (Å²) < 4.78 is 11.4. The van der Waals surface area contributed by atoms with E-state index in [0.29, 0.717) is 18.1 Å². The van der Waals surface area contributed by atoms with Crippen LogP contribution in [-0.2, 0) is 0 Å². The molecule has 0 atom stereocenters. The Balaban J connectivity index is 2.25. The summed E-state index contributed by atoms with van der Waals surface area (Å²) in [6.07, 6.45) is 5.60. The van der Waals surface area contributed by atoms with Gasteiger partial charge in [0.25, 0.3) is 0 Å². The van der Waals surface area contributed by atoms with Crippen molar-refractivity contribution in [3.8, 4) is 11.5 Å². The topological polar surface area (TPSA) is 55.8 Å². The van der Waals surface area contributed by atoms with Crippen LogP contribution in [-0.4, -0.2) is 23.8 Å². The normalized spacial score (nSPS) is 16.1. The van der Waals surface area contributed by atoms with Gasteiger partial charge in [-0.2, -0.15) is 0 Å². The van der Waals surface area contributed by atoms with Crippen LogP contribution in [0, 0.1) is 0 Å². The Morgan fingerprint density at radius 1 is 1.32 bits per heavy atom. The standard InChI is InChI=1S/C15H20O4/c1-2-18-13-10-6-9-12(15(16)17)14(13)19-11-7-4-3-5-8-11/h6,9-11H,2-5,7-8H2,1H3,(H,16,17). The molecule has 0 radical (unpaired) electrons. The molecule has 1 aromatic rings. The molecule has 0 spiro atoms. The summed E-state index contributed by atoms with van der Waals surface area (Å²) >= 11 is 0. The Morgan fingerprint density at radius 2 is 2.05 bits per heavy atom. The first-order valence-electron chi connectivity index (χ1n) is 6.88. The number of carboxylic acids is 1. The lowest BCUT2D eigenvalue weighted by molar-refractivity contribution is 0.0684. The van der Waals surface area contributed by atoms with E-state index in [4.69, 9.17) is 9.47 Å². The smallest absolute Gasteiger partial charge is 0.339 e. The lowest BCUT2D eigenvalue weighted by Gasteiger charge is -2.25. The molecule has 0 bridgehead atoms. The van der Waals surface area contributed by atoms with Crippen LogP contribution in [0.4, 0.5) is 0 Å². The third-order valence-electron chi connectivity index (χ3n) is 3.35. The number of hydrogen-bond acceptors (Lipinski definition) is 3. The van der Waals surface area contributed by atoms with Crippen molar-refractivity contribution < 1.29 is 19.4 Å². The fraction of sp³-hybridized carbons (Fsp3) is 0.533. The predicted octanol–water partition coefficient (Wildman–Crippen LogP) is 3.50. The van der Waals surface area contributed by atoms with Gasteiger partial charge in [-0.25, -0.2) is 4.79 Å². The largest absolute Gasteiger partial charge is 0.490 e. The minimum absolute atomic E-state index is 0.105. The molecular weight excluding hydrogens is 244 g/mol. The second-order valence-electron chi connectivity index (χ2n) is 4.75. The van der Waals surface area contributed by atoms with Crippen molar-refractivity contribution in [3.05, 3.63) is 23.8 Å². The summed E-state index contributed by atoms with van der Waals surface area (Å²) in [5, 5.41) is 9.25. The van der Waals surface area contributed by atoms with Gasteiger partial charge in [0.05, 0.1) is 12.7 Å². The summed E-state index contributed by atoms with van der Waals surface area (Å²) in [5.41, 5.74) is 0.177. The molecular formula is C15H20O4. The highest BCUT2D eigenvalue weighted by atomic mass is 16.5. The van der Waals surface area contributed by atoms with Gasteiger partial charge < -0.3 is 14.6 Å². The molecule has 0 saturated heterocycles. The highest BCUT2D eigenvalue weighted by molar-refractivity contribution is 5.92. The Hall–Kier alpha value is -1.71. The maximum atomic E-state index is 11.3. The molecule has 1 fully saturated rings. The van der Waals surface area contributed by atoms with Gasteiger partial charge >= 0.3 is 5.97 Å². The Bertz CT molecular complexity index is 436. The number of carboxylic acid groups (broad SMARTS) is 1. The van der Waals surface area contributed by atoms with Crippen LogP contribution in [0.5, 0.6) is 11.5 Å². The van der Waals surface area contributed by atoms with Crippen LogP contribution in [0.1, 0.15) is 49.4 Å². The van der Waals surface area contributed by atoms with Gasteiger partial charge in [0.1, 0.15) is 5.56 Å². The lowest BCUT2D eigenvalue weighted by atomic mass is 9.97. The highest BCUT2D eigenvalue weighted by Gasteiger charge is 2.22. The lowest BCUT2D eigenvalue weighted by Crippen LogP contribution is -2.21. The van der Waals surface area contributed by atoms with Crippen LogP contribution < -0.4 is 9.47 Å². The fourth-order valence-electron chi connectivity index (χ4n) is 2.42. The van der Waals surface area contributed by atoms with Crippen LogP contribution >= 0.6 is 0 Å². The van der Waals surface area contributed by atoms with E-state index in [1.807, 2.05) is 6.92 Å². The van der Waals surface area contributed by atoms with Crippen LogP contribution in [0.2, 0.25) is 0 Å². The number of rotatable bonds is 5. The van der Waals surface area contributed by atoms with Gasteiger partial charge in [-0.1, -0.05) is 12.5 Å². The third-order valence-corrected chi connectivity index (χ3v) is 3.35. The molecule has 0 aliphatic heterocycles. The van der Waals surface area contributed by atoms with Crippen molar-refractivity contribution in [1.82, 2.24) is 0 Å². The SMILES string of the molecule is CCOc1cccc(C(=O)O)c1OC1CCCCC1. The maximum Gasteiger partial charge on any atom is 0.339 e. The van der Waals surface area contributed by atoms with E-state index in [2.05, 4.69) is 0 Å². The molecule has 4 nitrogen and oxygen atoms in total. The molecule has 2 rings (SSSR count). The van der Waals surface area contributed by atoms with Gasteiger partial charge in [0.15, 0.2) is 11.5 Å². The molecule has 104 valence electrons. The zero-order valence-electron chi connectivity index (χ0n) is 11.2. The Labute approximate surface area is 113 Å². The minimum Gasteiger partial charge on any atom is -0.490 e. The predicted molar refractivity (Wildman–Crippen MR) is 72.1 cm³/mol. The monoisotopic (exact) mass is 264 g/mol. The fourth-order valence-corrected chi connectivity index (χ4v) is 2.42. The van der Waals surface area contributed by atoms with E-state index < -0.39 is 5.97 Å². The van der Waals surface area contributed by atoms with Gasteiger partial charge in [0.2, 0.25) is 0 Å². The maximum absolute atomic E-state index is 11.3. The first kappa shape index (κ1) is 13.7. The van der Waals surface area contributed by atoms with Gasteiger partial charge in [-0.15, -0.1) is 0 Å². The molecule has 4 heteroatoms. The zero-order valence-corrected chi connectivity index (χ0v) is 11.2. The zero-order chi connectivity index (χ0) is 13.7. The van der Waals surface area contributed by atoms with Crippen molar-refractivity contribution in [2.45, 2.75) is 45.1 Å². The molecule has 1 aliphatic carbocycles. The van der Waals surface area contributed by atoms with E-state index in [0.717, 1.165) is 25.7 Å². The number of para-hydroxylation sites is 1. The first-order valence-corrected chi connectivity index (χ1v) is 6.88. The molecule has 1 N–H and O–H groups in total. The van der Waals surface area contributed by atoms with Crippen LogP contribution in [0.15, 0.2) is 18.2 Å².